The zero-order valence-corrected chi connectivity index (χ0v) is 18.3. The van der Waals surface area contributed by atoms with E-state index in [0.717, 1.165) is 16.9 Å². The summed E-state index contributed by atoms with van der Waals surface area (Å²) in [6, 6.07) is 22.2. The standard InChI is InChI=1S/C25H26FO2Si/c1-5-27-21-13-9-18(10-14-21)25(29,24(2,3)4)19-7-6-8-23(17-19)28-22-15-11-20(26)12-16-22/h6-17H,5H2,1-4H3. The molecule has 0 spiro atoms. The van der Waals surface area contributed by atoms with Gasteiger partial charge in [0, 0.05) is 15.3 Å². The lowest BCUT2D eigenvalue weighted by molar-refractivity contribution is 0.315. The summed E-state index contributed by atoms with van der Waals surface area (Å²) in [5, 5.41) is -0.445. The van der Waals surface area contributed by atoms with E-state index in [9.17, 15) is 4.39 Å². The Bertz CT molecular complexity index is 946. The average molecular weight is 406 g/mol. The second-order valence-corrected chi connectivity index (χ2v) is 8.79. The van der Waals surface area contributed by atoms with Gasteiger partial charge in [-0.3, -0.25) is 0 Å². The summed E-state index contributed by atoms with van der Waals surface area (Å²) >= 11 is 0. The third-order valence-electron chi connectivity index (χ3n) is 5.04. The molecule has 3 rings (SSSR count). The Balaban J connectivity index is 1.99. The van der Waals surface area contributed by atoms with Gasteiger partial charge in [0.15, 0.2) is 0 Å². The number of halogens is 1. The van der Waals surface area contributed by atoms with Crippen LogP contribution in [0.2, 0.25) is 0 Å². The molecule has 3 aromatic carbocycles. The summed E-state index contributed by atoms with van der Waals surface area (Å²) in [6.07, 6.45) is 0. The van der Waals surface area contributed by atoms with Crippen LogP contribution < -0.4 is 9.47 Å². The molecule has 2 nitrogen and oxygen atoms in total. The molecular formula is C25H26FO2Si. The first kappa shape index (κ1) is 21.1. The van der Waals surface area contributed by atoms with Crippen molar-refractivity contribution >= 4 is 10.2 Å². The predicted molar refractivity (Wildman–Crippen MR) is 117 cm³/mol. The maximum absolute atomic E-state index is 13.2. The van der Waals surface area contributed by atoms with Gasteiger partial charge in [-0.2, -0.15) is 0 Å². The summed E-state index contributed by atoms with van der Waals surface area (Å²) in [5.41, 5.74) is 2.07. The monoisotopic (exact) mass is 405 g/mol. The third-order valence-corrected chi connectivity index (χ3v) is 6.37. The molecule has 0 saturated heterocycles. The molecule has 0 N–H and O–H groups in total. The molecule has 0 bridgehead atoms. The van der Waals surface area contributed by atoms with E-state index in [1.54, 1.807) is 12.1 Å². The van der Waals surface area contributed by atoms with E-state index in [2.05, 4.69) is 49.2 Å². The lowest BCUT2D eigenvalue weighted by atomic mass is 9.71. The maximum atomic E-state index is 13.2. The molecule has 149 valence electrons. The summed E-state index contributed by atoms with van der Waals surface area (Å²) < 4.78 is 24.7. The van der Waals surface area contributed by atoms with E-state index in [0.29, 0.717) is 18.1 Å². The minimum Gasteiger partial charge on any atom is -0.494 e. The van der Waals surface area contributed by atoms with Gasteiger partial charge in [-0.15, -0.1) is 0 Å². The van der Waals surface area contributed by atoms with Crippen molar-refractivity contribution in [3.63, 3.8) is 0 Å². The van der Waals surface area contributed by atoms with Crippen LogP contribution in [0.5, 0.6) is 17.2 Å². The number of ether oxygens (including phenoxy) is 2. The topological polar surface area (TPSA) is 18.5 Å². The first-order chi connectivity index (χ1) is 13.7. The molecule has 4 heteroatoms. The number of benzene rings is 3. The Morgan fingerprint density at radius 3 is 2.00 bits per heavy atom. The van der Waals surface area contributed by atoms with Crippen LogP contribution in [0.15, 0.2) is 72.8 Å². The number of hydrogen-bond acceptors (Lipinski definition) is 2. The van der Waals surface area contributed by atoms with Gasteiger partial charge in [-0.1, -0.05) is 45.0 Å². The smallest absolute Gasteiger partial charge is 0.127 e. The summed E-state index contributed by atoms with van der Waals surface area (Å²) in [5.74, 6) is 1.87. The molecule has 29 heavy (non-hydrogen) atoms. The fourth-order valence-electron chi connectivity index (χ4n) is 3.43. The molecule has 0 saturated carbocycles. The van der Waals surface area contributed by atoms with Gasteiger partial charge in [-0.05, 0) is 72.0 Å². The zero-order valence-electron chi connectivity index (χ0n) is 17.3. The van der Waals surface area contributed by atoms with Crippen LogP contribution in [0.4, 0.5) is 4.39 Å². The van der Waals surface area contributed by atoms with Crippen LogP contribution >= 0.6 is 0 Å². The van der Waals surface area contributed by atoms with Crippen LogP contribution in [0.1, 0.15) is 38.8 Å². The van der Waals surface area contributed by atoms with Crippen molar-refractivity contribution in [2.24, 2.45) is 5.41 Å². The number of hydrogen-bond donors (Lipinski definition) is 0. The molecule has 1 atom stereocenters. The van der Waals surface area contributed by atoms with Crippen molar-refractivity contribution in [1.29, 1.82) is 0 Å². The lowest BCUT2D eigenvalue weighted by Gasteiger charge is -2.43. The molecule has 3 radical (unpaired) electrons. The Morgan fingerprint density at radius 2 is 1.41 bits per heavy atom. The molecule has 0 aliphatic carbocycles. The molecule has 3 aromatic rings. The molecule has 0 aliphatic heterocycles. The highest BCUT2D eigenvalue weighted by molar-refractivity contribution is 6.19. The van der Waals surface area contributed by atoms with Crippen molar-refractivity contribution in [1.82, 2.24) is 0 Å². The minimum absolute atomic E-state index is 0.133. The first-order valence-electron chi connectivity index (χ1n) is 9.76. The van der Waals surface area contributed by atoms with E-state index in [1.165, 1.54) is 12.1 Å². The maximum Gasteiger partial charge on any atom is 0.127 e. The fraction of sp³-hybridized carbons (Fsp3) is 0.280. The van der Waals surface area contributed by atoms with E-state index >= 15 is 0 Å². The molecule has 0 aliphatic rings. The van der Waals surface area contributed by atoms with Crippen LogP contribution in [-0.4, -0.2) is 16.8 Å². The zero-order chi connectivity index (χ0) is 21.1. The average Bonchev–Trinajstić information content (AvgIpc) is 2.69. The van der Waals surface area contributed by atoms with Crippen molar-refractivity contribution in [3.05, 3.63) is 89.7 Å². The SMILES string of the molecule is CCOc1ccc(C([Si])(c2cccc(Oc3ccc(F)cc3)c2)C(C)(C)C)cc1. The summed E-state index contributed by atoms with van der Waals surface area (Å²) in [6.45, 7) is 9.21. The van der Waals surface area contributed by atoms with Crippen LogP contribution in [-0.2, 0) is 5.04 Å². The van der Waals surface area contributed by atoms with Gasteiger partial charge in [0.05, 0.1) is 6.61 Å². The van der Waals surface area contributed by atoms with Gasteiger partial charge < -0.3 is 9.47 Å². The molecule has 0 heterocycles. The van der Waals surface area contributed by atoms with E-state index in [1.807, 2.05) is 37.3 Å². The van der Waals surface area contributed by atoms with E-state index < -0.39 is 5.04 Å². The predicted octanol–water partition coefficient (Wildman–Crippen LogP) is 6.47. The lowest BCUT2D eigenvalue weighted by Crippen LogP contribution is -2.41. The molecule has 0 amide bonds. The first-order valence-corrected chi connectivity index (χ1v) is 10.3. The van der Waals surface area contributed by atoms with E-state index in [-0.39, 0.29) is 11.2 Å². The third kappa shape index (κ3) is 4.53. The van der Waals surface area contributed by atoms with Crippen LogP contribution in [0, 0.1) is 11.2 Å². The quantitative estimate of drug-likeness (QED) is 0.437. The normalized spacial score (nSPS) is 13.6. The van der Waals surface area contributed by atoms with Crippen LogP contribution in [0.3, 0.4) is 0 Å². The molecule has 0 fully saturated rings. The summed E-state index contributed by atoms with van der Waals surface area (Å²) in [7, 11) is 4.14. The van der Waals surface area contributed by atoms with E-state index in [4.69, 9.17) is 9.47 Å². The second-order valence-electron chi connectivity index (χ2n) is 8.04. The molecule has 1 unspecified atom stereocenters. The number of rotatable bonds is 6. The Hall–Kier alpha value is -2.59. The van der Waals surface area contributed by atoms with Crippen molar-refractivity contribution in [2.75, 3.05) is 6.61 Å². The van der Waals surface area contributed by atoms with Crippen LogP contribution in [0.25, 0.3) is 0 Å². The highest BCUT2D eigenvalue weighted by atomic mass is 28.1. The second kappa shape index (κ2) is 8.42. The minimum atomic E-state index is -0.445. The Morgan fingerprint density at radius 1 is 0.793 bits per heavy atom. The Kier molecular flexibility index (Phi) is 6.13. The largest absolute Gasteiger partial charge is 0.494 e. The molecule has 0 aromatic heterocycles. The summed E-state index contributed by atoms with van der Waals surface area (Å²) in [4.78, 5) is 0. The Labute approximate surface area is 176 Å². The highest BCUT2D eigenvalue weighted by Gasteiger charge is 2.40. The van der Waals surface area contributed by atoms with Gasteiger partial charge in [0.1, 0.15) is 23.1 Å². The van der Waals surface area contributed by atoms with Crippen molar-refractivity contribution in [2.45, 2.75) is 32.7 Å². The molecular weight excluding hydrogens is 379 g/mol. The van der Waals surface area contributed by atoms with Crippen molar-refractivity contribution in [3.8, 4) is 17.2 Å². The fourth-order valence-corrected chi connectivity index (χ4v) is 3.75. The van der Waals surface area contributed by atoms with Gasteiger partial charge in [0.25, 0.3) is 0 Å². The van der Waals surface area contributed by atoms with Crippen molar-refractivity contribution < 1.29 is 13.9 Å². The van der Waals surface area contributed by atoms with Gasteiger partial charge in [-0.25, -0.2) is 4.39 Å². The van der Waals surface area contributed by atoms with Gasteiger partial charge in [0.2, 0.25) is 0 Å². The van der Waals surface area contributed by atoms with Gasteiger partial charge >= 0.3 is 0 Å². The highest BCUT2D eigenvalue weighted by Crippen LogP contribution is 2.45.